The number of amides is 1. The van der Waals surface area contributed by atoms with E-state index >= 15 is 0 Å². The molecule has 0 aliphatic heterocycles. The van der Waals surface area contributed by atoms with Crippen LogP contribution in [0.1, 0.15) is 72.3 Å². The largest absolute Gasteiger partial charge is 0.393 e. The van der Waals surface area contributed by atoms with Gasteiger partial charge in [0, 0.05) is 29.4 Å². The number of rotatable bonds is 6. The average Bonchev–Trinajstić information content (AvgIpc) is 3.29. The zero-order chi connectivity index (χ0) is 25.2. The highest BCUT2D eigenvalue weighted by Crippen LogP contribution is 2.34. The first kappa shape index (κ1) is 23.9. The minimum absolute atomic E-state index is 0.204. The van der Waals surface area contributed by atoms with Crippen LogP contribution in [0.4, 0.5) is 11.6 Å². The van der Waals surface area contributed by atoms with Crippen molar-refractivity contribution in [2.24, 2.45) is 0 Å². The van der Waals surface area contributed by atoms with E-state index in [4.69, 9.17) is 5.73 Å². The normalized spacial score (nSPS) is 17.9. The fourth-order valence-corrected chi connectivity index (χ4v) is 5.07. The molecule has 4 aromatic rings. The zero-order valence-corrected chi connectivity index (χ0v) is 20.7. The molecule has 0 saturated heterocycles. The molecule has 36 heavy (non-hydrogen) atoms. The van der Waals surface area contributed by atoms with Gasteiger partial charge in [0.2, 0.25) is 0 Å². The van der Waals surface area contributed by atoms with Crippen molar-refractivity contribution >= 4 is 23.1 Å². The number of nitrogens with two attached hydrogens (primary N) is 1. The molecule has 0 atom stereocenters. The number of aryl methyl sites for hydroxylation is 2. The Balaban J connectivity index is 1.41. The maximum absolute atomic E-state index is 12.9. The summed E-state index contributed by atoms with van der Waals surface area (Å²) >= 11 is 0. The first-order valence-electron chi connectivity index (χ1n) is 12.6. The second-order valence-electron chi connectivity index (χ2n) is 9.67. The number of carbonyl (C=O) groups excluding carboxylic acids is 1. The van der Waals surface area contributed by atoms with Crippen molar-refractivity contribution in [3.8, 4) is 11.3 Å². The number of anilines is 2. The Labute approximate surface area is 210 Å². The summed E-state index contributed by atoms with van der Waals surface area (Å²) in [5, 5.41) is 12.8. The number of imidazole rings is 1. The summed E-state index contributed by atoms with van der Waals surface area (Å²) in [6.07, 6.45) is 10.6. The molecule has 0 bridgehead atoms. The molecule has 0 unspecified atom stereocenters. The molecule has 1 amide bonds. The van der Waals surface area contributed by atoms with Crippen LogP contribution in [0.2, 0.25) is 0 Å². The lowest BCUT2D eigenvalue weighted by Crippen LogP contribution is -2.18. The average molecular weight is 485 g/mol. The number of aliphatic hydroxyl groups is 1. The number of nitrogens with one attached hydrogen (secondary N) is 1. The van der Waals surface area contributed by atoms with Crippen molar-refractivity contribution in [1.29, 1.82) is 0 Å². The highest BCUT2D eigenvalue weighted by atomic mass is 16.3. The third-order valence-corrected chi connectivity index (χ3v) is 7.01. The summed E-state index contributed by atoms with van der Waals surface area (Å²) in [7, 11) is 0. The van der Waals surface area contributed by atoms with Crippen LogP contribution < -0.4 is 11.1 Å². The highest BCUT2D eigenvalue weighted by molar-refractivity contribution is 6.04. The van der Waals surface area contributed by atoms with E-state index in [1.165, 1.54) is 0 Å². The van der Waals surface area contributed by atoms with Crippen LogP contribution in [0.15, 0.2) is 48.9 Å². The zero-order valence-electron chi connectivity index (χ0n) is 20.7. The van der Waals surface area contributed by atoms with Gasteiger partial charge in [-0.1, -0.05) is 19.4 Å². The predicted molar refractivity (Wildman–Crippen MR) is 141 cm³/mol. The van der Waals surface area contributed by atoms with Crippen molar-refractivity contribution in [3.63, 3.8) is 0 Å². The third kappa shape index (κ3) is 4.81. The molecular weight excluding hydrogens is 452 g/mol. The molecule has 3 heterocycles. The number of nitrogen functional groups attached to an aromatic ring is 1. The van der Waals surface area contributed by atoms with Crippen molar-refractivity contribution in [2.45, 2.75) is 64.4 Å². The lowest BCUT2D eigenvalue weighted by atomic mass is 9.87. The van der Waals surface area contributed by atoms with E-state index in [1.54, 1.807) is 18.5 Å². The number of fused-ring (bicyclic) bond motifs is 1. The summed E-state index contributed by atoms with van der Waals surface area (Å²) in [5.74, 6) is 2.00. The number of carbonyl (C=O) groups is 1. The number of pyridine rings is 1. The van der Waals surface area contributed by atoms with Crippen LogP contribution >= 0.6 is 0 Å². The molecule has 1 fully saturated rings. The van der Waals surface area contributed by atoms with Crippen molar-refractivity contribution in [1.82, 2.24) is 19.4 Å². The number of benzene rings is 1. The predicted octanol–water partition coefficient (Wildman–Crippen LogP) is 4.91. The quantitative estimate of drug-likeness (QED) is 0.358. The van der Waals surface area contributed by atoms with Gasteiger partial charge in [-0.05, 0) is 74.4 Å². The van der Waals surface area contributed by atoms with E-state index in [0.717, 1.165) is 72.3 Å². The monoisotopic (exact) mass is 484 g/mol. The van der Waals surface area contributed by atoms with Gasteiger partial charge in [0.1, 0.15) is 23.0 Å². The Hall–Kier alpha value is -3.78. The molecule has 5 rings (SSSR count). The number of aliphatic hydroxyl groups excluding tert-OH is 1. The second kappa shape index (κ2) is 10.1. The van der Waals surface area contributed by atoms with Gasteiger partial charge < -0.3 is 16.2 Å². The van der Waals surface area contributed by atoms with Crippen LogP contribution in [-0.2, 0) is 6.42 Å². The van der Waals surface area contributed by atoms with Crippen molar-refractivity contribution in [2.75, 3.05) is 11.1 Å². The number of aromatic nitrogens is 4. The van der Waals surface area contributed by atoms with Gasteiger partial charge in [-0.25, -0.2) is 15.0 Å². The van der Waals surface area contributed by atoms with Gasteiger partial charge in [0.15, 0.2) is 0 Å². The minimum Gasteiger partial charge on any atom is -0.393 e. The topological polar surface area (TPSA) is 118 Å². The van der Waals surface area contributed by atoms with E-state index < -0.39 is 0 Å². The Bertz CT molecular complexity index is 1400. The van der Waals surface area contributed by atoms with Crippen LogP contribution in [0.5, 0.6) is 0 Å². The molecule has 8 heteroatoms. The van der Waals surface area contributed by atoms with Gasteiger partial charge >= 0.3 is 0 Å². The Morgan fingerprint density at radius 3 is 2.72 bits per heavy atom. The van der Waals surface area contributed by atoms with Gasteiger partial charge in [0.05, 0.1) is 18.0 Å². The SMILES string of the molecule is CCCc1ccnc(NC(=O)c2ccc(-c3cn4c(cnc4[C@H]4CC[C@H](O)CC4)c(N)n3)c(C)c2)c1. The summed E-state index contributed by atoms with van der Waals surface area (Å²) in [6, 6.07) is 9.45. The van der Waals surface area contributed by atoms with Crippen molar-refractivity contribution in [3.05, 3.63) is 71.4 Å². The fraction of sp³-hybridized carbons (Fsp3) is 0.357. The van der Waals surface area contributed by atoms with Crippen LogP contribution in [0.3, 0.4) is 0 Å². The second-order valence-corrected chi connectivity index (χ2v) is 9.67. The number of nitrogens with zero attached hydrogens (tertiary/aromatic N) is 4. The maximum Gasteiger partial charge on any atom is 0.256 e. The third-order valence-electron chi connectivity index (χ3n) is 7.01. The molecule has 1 aromatic carbocycles. The Kier molecular flexibility index (Phi) is 6.69. The van der Waals surface area contributed by atoms with Gasteiger partial charge in [-0.15, -0.1) is 0 Å². The van der Waals surface area contributed by atoms with Crippen LogP contribution in [0, 0.1) is 6.92 Å². The molecule has 0 spiro atoms. The summed E-state index contributed by atoms with van der Waals surface area (Å²) in [6.45, 7) is 4.09. The lowest BCUT2D eigenvalue weighted by Gasteiger charge is -2.24. The maximum atomic E-state index is 12.9. The van der Waals surface area contributed by atoms with Gasteiger partial charge in [-0.2, -0.15) is 0 Å². The smallest absolute Gasteiger partial charge is 0.256 e. The van der Waals surface area contributed by atoms with Crippen molar-refractivity contribution < 1.29 is 9.90 Å². The molecule has 8 nitrogen and oxygen atoms in total. The molecule has 1 aliphatic carbocycles. The van der Waals surface area contributed by atoms with Gasteiger partial charge in [-0.3, -0.25) is 9.20 Å². The van der Waals surface area contributed by atoms with E-state index in [-0.39, 0.29) is 17.9 Å². The number of hydrogen-bond acceptors (Lipinski definition) is 6. The van der Waals surface area contributed by atoms with E-state index in [2.05, 4.69) is 27.2 Å². The Morgan fingerprint density at radius 2 is 1.97 bits per heavy atom. The summed E-state index contributed by atoms with van der Waals surface area (Å²) in [4.78, 5) is 26.5. The lowest BCUT2D eigenvalue weighted by molar-refractivity contribution is 0.102. The molecule has 0 radical (unpaired) electrons. The molecule has 1 saturated carbocycles. The standard InChI is InChI=1S/C28H32N6O2/c1-3-4-18-11-12-30-25(14-18)33-28(36)20-7-10-22(17(2)13-20)23-16-34-24(26(29)32-23)15-31-27(34)19-5-8-21(35)9-6-19/h7,10-16,19,21,35H,3-6,8-9H2,1-2H3,(H2,29,32)(H,30,33,36)/t19-,21-. The van der Waals surface area contributed by atoms with Crippen LogP contribution in [0.25, 0.3) is 16.8 Å². The minimum atomic E-state index is -0.218. The van der Waals surface area contributed by atoms with Gasteiger partial charge in [0.25, 0.3) is 5.91 Å². The van der Waals surface area contributed by atoms with E-state index in [1.807, 2.05) is 41.8 Å². The molecule has 3 aromatic heterocycles. The Morgan fingerprint density at radius 1 is 1.17 bits per heavy atom. The molecule has 186 valence electrons. The molecule has 4 N–H and O–H groups in total. The first-order chi connectivity index (χ1) is 17.4. The van der Waals surface area contributed by atoms with Crippen LogP contribution in [-0.4, -0.2) is 36.5 Å². The first-order valence-corrected chi connectivity index (χ1v) is 12.6. The molecular formula is C28H32N6O2. The van der Waals surface area contributed by atoms with E-state index in [0.29, 0.717) is 17.2 Å². The highest BCUT2D eigenvalue weighted by Gasteiger charge is 2.25. The molecule has 1 aliphatic rings. The van der Waals surface area contributed by atoms with E-state index in [9.17, 15) is 9.90 Å². The summed E-state index contributed by atoms with van der Waals surface area (Å²) < 4.78 is 2.04. The fourth-order valence-electron chi connectivity index (χ4n) is 5.07. The number of hydrogen-bond donors (Lipinski definition) is 3. The summed E-state index contributed by atoms with van der Waals surface area (Å²) in [5.41, 5.74) is 11.4.